The number of nitrogens with zero attached hydrogens (tertiary/aromatic N) is 2. The lowest BCUT2D eigenvalue weighted by Gasteiger charge is -2.37. The Morgan fingerprint density at radius 2 is 1.59 bits per heavy atom. The summed E-state index contributed by atoms with van der Waals surface area (Å²) in [4.78, 5) is 30.2. The Balaban J connectivity index is 1.35. The van der Waals surface area contributed by atoms with Crippen molar-refractivity contribution in [3.8, 4) is 11.5 Å². The number of rotatable bonds is 8. The highest BCUT2D eigenvalue weighted by molar-refractivity contribution is 6.37. The number of halogens is 1. The van der Waals surface area contributed by atoms with Crippen LogP contribution in [-0.4, -0.2) is 74.4 Å². The summed E-state index contributed by atoms with van der Waals surface area (Å²) in [5.41, 5.74) is 1.35. The van der Waals surface area contributed by atoms with Gasteiger partial charge in [0.2, 0.25) is 0 Å². The number of ketones is 2. The van der Waals surface area contributed by atoms with E-state index in [9.17, 15) is 9.59 Å². The van der Waals surface area contributed by atoms with Gasteiger partial charge in [-0.3, -0.25) is 19.4 Å². The van der Waals surface area contributed by atoms with Gasteiger partial charge in [-0.05, 0) is 48.7 Å². The molecule has 0 saturated carbocycles. The van der Waals surface area contributed by atoms with E-state index in [1.807, 2.05) is 37.3 Å². The van der Waals surface area contributed by atoms with Gasteiger partial charge >= 0.3 is 0 Å². The summed E-state index contributed by atoms with van der Waals surface area (Å²) in [6, 6.07) is 16.3. The third kappa shape index (κ3) is 5.09. The van der Waals surface area contributed by atoms with Gasteiger partial charge in [-0.25, -0.2) is 0 Å². The first-order valence-electron chi connectivity index (χ1n) is 11.4. The minimum Gasteiger partial charge on any atom is -0.497 e. The molecular weight excluding hydrogens is 452 g/mol. The molecule has 4 rings (SSSR count). The number of methoxy groups -OCH3 is 2. The minimum atomic E-state index is -0.245. The molecular formula is C27H29ClN2O4. The minimum absolute atomic E-state index is 0.0802. The average Bonchev–Trinajstić information content (AvgIpc) is 2.88. The van der Waals surface area contributed by atoms with Crippen LogP contribution in [0.1, 0.15) is 27.6 Å². The van der Waals surface area contributed by atoms with E-state index in [1.165, 1.54) is 0 Å². The number of hydrogen-bond donors (Lipinski definition) is 0. The van der Waals surface area contributed by atoms with E-state index >= 15 is 0 Å². The molecule has 0 bridgehead atoms. The van der Waals surface area contributed by atoms with E-state index in [2.05, 4.69) is 9.80 Å². The number of Topliss-reactive ketones (excluding diaryl/α,β-unsaturated/α-hetero) is 2. The van der Waals surface area contributed by atoms with Crippen LogP contribution in [-0.2, 0) is 0 Å². The van der Waals surface area contributed by atoms with Gasteiger partial charge < -0.3 is 9.47 Å². The first kappa shape index (κ1) is 24.2. The maximum atomic E-state index is 13.2. The smallest absolute Gasteiger partial charge is 0.179 e. The van der Waals surface area contributed by atoms with Gasteiger partial charge in [-0.2, -0.15) is 0 Å². The molecule has 1 saturated heterocycles. The summed E-state index contributed by atoms with van der Waals surface area (Å²) >= 11 is 6.41. The van der Waals surface area contributed by atoms with Gasteiger partial charge in [0.1, 0.15) is 11.5 Å². The number of benzene rings is 3. The molecule has 3 aromatic carbocycles. The number of ether oxygens (including phenoxy) is 2. The monoisotopic (exact) mass is 480 g/mol. The van der Waals surface area contributed by atoms with Crippen LogP contribution >= 0.6 is 11.6 Å². The lowest BCUT2D eigenvalue weighted by atomic mass is 9.99. The third-order valence-electron chi connectivity index (χ3n) is 6.54. The van der Waals surface area contributed by atoms with E-state index in [0.29, 0.717) is 28.4 Å². The SMILES string of the molecule is COc1ccc(C(=O)CN2CCN(C(C)C(=O)c3ccc4c(Cl)c(OC)ccc4c3)CC2)cc1. The van der Waals surface area contributed by atoms with Crippen molar-refractivity contribution in [2.75, 3.05) is 46.9 Å². The lowest BCUT2D eigenvalue weighted by Crippen LogP contribution is -2.52. The van der Waals surface area contributed by atoms with Crippen molar-refractivity contribution in [2.45, 2.75) is 13.0 Å². The van der Waals surface area contributed by atoms with E-state index in [1.54, 1.807) is 38.5 Å². The van der Waals surface area contributed by atoms with Crippen LogP contribution in [0.5, 0.6) is 11.5 Å². The van der Waals surface area contributed by atoms with Crippen LogP contribution in [0.2, 0.25) is 5.02 Å². The first-order chi connectivity index (χ1) is 16.4. The van der Waals surface area contributed by atoms with Gasteiger partial charge in [0.15, 0.2) is 11.6 Å². The van der Waals surface area contributed by atoms with E-state index in [4.69, 9.17) is 21.1 Å². The Hall–Kier alpha value is -2.93. The zero-order valence-corrected chi connectivity index (χ0v) is 20.5. The predicted molar refractivity (Wildman–Crippen MR) is 135 cm³/mol. The Kier molecular flexibility index (Phi) is 7.51. The molecule has 1 atom stereocenters. The Morgan fingerprint density at radius 3 is 2.24 bits per heavy atom. The maximum absolute atomic E-state index is 13.2. The second-order valence-electron chi connectivity index (χ2n) is 8.52. The highest BCUT2D eigenvalue weighted by atomic mass is 35.5. The van der Waals surface area contributed by atoms with Crippen LogP contribution in [0.4, 0.5) is 0 Å². The van der Waals surface area contributed by atoms with Crippen molar-refractivity contribution in [3.63, 3.8) is 0 Å². The fraction of sp³-hybridized carbons (Fsp3) is 0.333. The molecule has 0 amide bonds. The second-order valence-corrected chi connectivity index (χ2v) is 8.90. The zero-order chi connectivity index (χ0) is 24.2. The summed E-state index contributed by atoms with van der Waals surface area (Å²) in [5, 5.41) is 2.32. The first-order valence-corrected chi connectivity index (χ1v) is 11.7. The number of piperazine rings is 1. The molecule has 3 aromatic rings. The molecule has 1 aliphatic heterocycles. The molecule has 1 unspecified atom stereocenters. The van der Waals surface area contributed by atoms with Crippen molar-refractivity contribution >= 4 is 33.9 Å². The van der Waals surface area contributed by atoms with Crippen molar-refractivity contribution in [1.82, 2.24) is 9.80 Å². The molecule has 34 heavy (non-hydrogen) atoms. The summed E-state index contributed by atoms with van der Waals surface area (Å²) in [6.45, 7) is 5.28. The lowest BCUT2D eigenvalue weighted by molar-refractivity contribution is 0.0662. The fourth-order valence-corrected chi connectivity index (χ4v) is 4.68. The molecule has 0 aliphatic carbocycles. The normalized spacial score (nSPS) is 15.8. The quantitative estimate of drug-likeness (QED) is 0.440. The molecule has 6 nitrogen and oxygen atoms in total. The van der Waals surface area contributed by atoms with Crippen LogP contribution < -0.4 is 9.47 Å². The summed E-state index contributed by atoms with van der Waals surface area (Å²) in [6.07, 6.45) is 0. The highest BCUT2D eigenvalue weighted by Gasteiger charge is 2.27. The van der Waals surface area contributed by atoms with Gasteiger partial charge in [0.25, 0.3) is 0 Å². The van der Waals surface area contributed by atoms with E-state index < -0.39 is 0 Å². The predicted octanol–water partition coefficient (Wildman–Crippen LogP) is 4.58. The summed E-state index contributed by atoms with van der Waals surface area (Å²) in [5.74, 6) is 1.52. The topological polar surface area (TPSA) is 59.1 Å². The van der Waals surface area contributed by atoms with Crippen LogP contribution in [0.3, 0.4) is 0 Å². The highest BCUT2D eigenvalue weighted by Crippen LogP contribution is 2.33. The van der Waals surface area contributed by atoms with E-state index in [-0.39, 0.29) is 17.6 Å². The largest absolute Gasteiger partial charge is 0.497 e. The molecule has 7 heteroatoms. The van der Waals surface area contributed by atoms with Crippen molar-refractivity contribution in [3.05, 3.63) is 70.7 Å². The van der Waals surface area contributed by atoms with Gasteiger partial charge in [-0.1, -0.05) is 29.8 Å². The molecule has 1 fully saturated rings. The Morgan fingerprint density at radius 1 is 0.912 bits per heavy atom. The number of carbonyl (C=O) groups is 2. The van der Waals surface area contributed by atoms with Gasteiger partial charge in [0.05, 0.1) is 31.8 Å². The molecule has 1 aliphatic rings. The standard InChI is InChI=1S/C27H29ClN2O4/c1-18(27(32)21-6-10-23-20(16-21)7-11-25(34-3)26(23)28)30-14-12-29(13-15-30)17-24(31)19-4-8-22(33-2)9-5-19/h4-11,16,18H,12-15,17H2,1-3H3. The molecule has 178 valence electrons. The van der Waals surface area contributed by atoms with Gasteiger partial charge in [0, 0.05) is 42.7 Å². The zero-order valence-electron chi connectivity index (χ0n) is 19.7. The molecule has 0 aromatic heterocycles. The van der Waals surface area contributed by atoms with Crippen molar-refractivity contribution < 1.29 is 19.1 Å². The molecule has 0 spiro atoms. The van der Waals surface area contributed by atoms with Crippen LogP contribution in [0, 0.1) is 0 Å². The molecule has 1 heterocycles. The van der Waals surface area contributed by atoms with E-state index in [0.717, 1.165) is 42.7 Å². The molecule has 0 N–H and O–H groups in total. The van der Waals surface area contributed by atoms with Crippen LogP contribution in [0.15, 0.2) is 54.6 Å². The second kappa shape index (κ2) is 10.6. The molecule has 0 radical (unpaired) electrons. The Labute approximate surface area is 205 Å². The Bertz CT molecular complexity index is 1190. The van der Waals surface area contributed by atoms with Crippen molar-refractivity contribution in [2.24, 2.45) is 0 Å². The maximum Gasteiger partial charge on any atom is 0.179 e. The number of hydrogen-bond acceptors (Lipinski definition) is 6. The summed E-state index contributed by atoms with van der Waals surface area (Å²) < 4.78 is 10.4. The van der Waals surface area contributed by atoms with Gasteiger partial charge in [-0.15, -0.1) is 0 Å². The summed E-state index contributed by atoms with van der Waals surface area (Å²) in [7, 11) is 3.19. The number of carbonyl (C=O) groups excluding carboxylic acids is 2. The van der Waals surface area contributed by atoms with Crippen molar-refractivity contribution in [1.29, 1.82) is 0 Å². The number of fused-ring (bicyclic) bond motifs is 1. The third-order valence-corrected chi connectivity index (χ3v) is 6.93. The fourth-order valence-electron chi connectivity index (χ4n) is 4.37. The van der Waals surface area contributed by atoms with Crippen LogP contribution in [0.25, 0.3) is 10.8 Å². The average molecular weight is 481 g/mol.